The fraction of sp³-hybridized carbons (Fsp3) is 0.739. The molecule has 3 heterocycles. The number of likely N-dealkylation sites (tertiary alicyclic amines) is 1. The van der Waals surface area contributed by atoms with Gasteiger partial charge in [-0.15, -0.1) is 0 Å². The fourth-order valence-corrected chi connectivity index (χ4v) is 5.82. The Balaban J connectivity index is 1.43. The normalized spacial score (nSPS) is 21.9. The smallest absolute Gasteiger partial charge is 0.243 e. The maximum absolute atomic E-state index is 15.5. The third kappa shape index (κ3) is 6.71. The van der Waals surface area contributed by atoms with E-state index in [4.69, 9.17) is 11.6 Å². The van der Waals surface area contributed by atoms with Gasteiger partial charge < -0.3 is 9.80 Å². The highest BCUT2D eigenvalue weighted by atomic mass is 35.5. The maximum atomic E-state index is 15.5. The van der Waals surface area contributed by atoms with Gasteiger partial charge in [-0.25, -0.2) is 5.06 Å². The Hall–Kier alpha value is -2.24. The molecule has 3 fully saturated rings. The van der Waals surface area contributed by atoms with Crippen LogP contribution in [0.25, 0.3) is 0 Å². The second kappa shape index (κ2) is 12.1. The van der Waals surface area contributed by atoms with E-state index in [1.54, 1.807) is 0 Å². The fourth-order valence-electron chi connectivity index (χ4n) is 5.65. The van der Waals surface area contributed by atoms with Crippen LogP contribution >= 0.6 is 11.6 Å². The number of hydroxylamine groups is 2. The molecule has 3 aliphatic rings. The molecule has 2 atom stereocenters. The van der Waals surface area contributed by atoms with E-state index < -0.39 is 17.6 Å². The van der Waals surface area contributed by atoms with E-state index in [9.17, 15) is 14.8 Å². The standard InChI is InChI=1S/C23H35ClFN7O3/c24-23-26-20(28-29-22(34)17(13-31(35)15-33)12-16-6-1-2-7-16)19(25)21(27-23)32-11-5-8-18(32)14-30-9-3-4-10-30/h15-18,35H,1-14H2,(H,29,34)(H,26,27,28)/t17-,18+/m1/s1. The molecule has 2 amide bonds. The molecule has 2 saturated heterocycles. The summed E-state index contributed by atoms with van der Waals surface area (Å²) in [6, 6.07) is 0.144. The maximum Gasteiger partial charge on any atom is 0.243 e. The quantitative estimate of drug-likeness (QED) is 0.180. The van der Waals surface area contributed by atoms with Crippen LogP contribution in [0.15, 0.2) is 0 Å². The van der Waals surface area contributed by atoms with Gasteiger partial charge in [-0.1, -0.05) is 25.7 Å². The number of hydrazine groups is 1. The van der Waals surface area contributed by atoms with Crippen molar-refractivity contribution in [2.24, 2.45) is 11.8 Å². The van der Waals surface area contributed by atoms with Crippen LogP contribution in [0.1, 0.15) is 57.8 Å². The molecule has 35 heavy (non-hydrogen) atoms. The molecule has 2 aliphatic heterocycles. The van der Waals surface area contributed by atoms with E-state index in [0.29, 0.717) is 23.9 Å². The van der Waals surface area contributed by atoms with Crippen molar-refractivity contribution in [2.75, 3.05) is 43.0 Å². The highest BCUT2D eigenvalue weighted by Crippen LogP contribution is 2.32. The Morgan fingerprint density at radius 1 is 1.17 bits per heavy atom. The topological polar surface area (TPSA) is 114 Å². The molecule has 1 aliphatic carbocycles. The summed E-state index contributed by atoms with van der Waals surface area (Å²) in [5.74, 6) is -1.51. The van der Waals surface area contributed by atoms with Gasteiger partial charge in [-0.05, 0) is 62.7 Å². The second-order valence-electron chi connectivity index (χ2n) is 9.90. The van der Waals surface area contributed by atoms with Gasteiger partial charge in [0.05, 0.1) is 12.5 Å². The molecule has 12 heteroatoms. The third-order valence-corrected chi connectivity index (χ3v) is 7.59. The predicted molar refractivity (Wildman–Crippen MR) is 129 cm³/mol. The van der Waals surface area contributed by atoms with Crippen LogP contribution in [0.3, 0.4) is 0 Å². The zero-order valence-electron chi connectivity index (χ0n) is 20.0. The van der Waals surface area contributed by atoms with Gasteiger partial charge >= 0.3 is 0 Å². The Morgan fingerprint density at radius 3 is 2.63 bits per heavy atom. The molecular weight excluding hydrogens is 477 g/mol. The number of anilines is 2. The number of halogens is 2. The number of nitrogens with one attached hydrogen (secondary N) is 2. The molecule has 0 bridgehead atoms. The largest absolute Gasteiger partial charge is 0.350 e. The van der Waals surface area contributed by atoms with Crippen molar-refractivity contribution < 1.29 is 19.2 Å². The molecule has 3 N–H and O–H groups in total. The molecule has 0 radical (unpaired) electrons. The molecule has 1 aromatic rings. The van der Waals surface area contributed by atoms with Crippen molar-refractivity contribution in [3.63, 3.8) is 0 Å². The van der Waals surface area contributed by atoms with Crippen molar-refractivity contribution >= 4 is 35.6 Å². The summed E-state index contributed by atoms with van der Waals surface area (Å²) < 4.78 is 15.5. The summed E-state index contributed by atoms with van der Waals surface area (Å²) >= 11 is 6.14. The summed E-state index contributed by atoms with van der Waals surface area (Å²) in [7, 11) is 0. The number of rotatable bonds is 11. The highest BCUT2D eigenvalue weighted by Gasteiger charge is 2.32. The number of aromatic nitrogens is 2. The molecule has 4 rings (SSSR count). The first-order chi connectivity index (χ1) is 16.9. The number of hydrogen-bond donors (Lipinski definition) is 3. The van der Waals surface area contributed by atoms with Crippen molar-refractivity contribution in [3.8, 4) is 0 Å². The molecule has 0 spiro atoms. The van der Waals surface area contributed by atoms with E-state index in [1.165, 1.54) is 12.8 Å². The van der Waals surface area contributed by atoms with Gasteiger partial charge in [-0.3, -0.25) is 25.6 Å². The monoisotopic (exact) mass is 511 g/mol. The van der Waals surface area contributed by atoms with Crippen molar-refractivity contribution in [3.05, 3.63) is 11.1 Å². The lowest BCUT2D eigenvalue weighted by molar-refractivity contribution is -0.154. The van der Waals surface area contributed by atoms with E-state index in [1.807, 2.05) is 4.90 Å². The van der Waals surface area contributed by atoms with Gasteiger partial charge in [0, 0.05) is 19.1 Å². The summed E-state index contributed by atoms with van der Waals surface area (Å²) in [6.45, 7) is 3.52. The lowest BCUT2D eigenvalue weighted by Gasteiger charge is -2.30. The van der Waals surface area contributed by atoms with Crippen LogP contribution in [0.5, 0.6) is 0 Å². The molecule has 1 saturated carbocycles. The molecule has 1 aromatic heterocycles. The van der Waals surface area contributed by atoms with Crippen LogP contribution in [-0.4, -0.2) is 76.2 Å². The predicted octanol–water partition coefficient (Wildman–Crippen LogP) is 2.82. The van der Waals surface area contributed by atoms with Crippen molar-refractivity contribution in [2.45, 2.75) is 63.8 Å². The van der Waals surface area contributed by atoms with E-state index in [-0.39, 0.29) is 35.9 Å². The summed E-state index contributed by atoms with van der Waals surface area (Å²) in [6.07, 6.45) is 9.32. The first-order valence-corrected chi connectivity index (χ1v) is 13.0. The Kier molecular flexibility index (Phi) is 8.96. The van der Waals surface area contributed by atoms with Crippen LogP contribution in [-0.2, 0) is 9.59 Å². The van der Waals surface area contributed by atoms with E-state index in [2.05, 4.69) is 25.7 Å². The lowest BCUT2D eigenvalue weighted by Crippen LogP contribution is -2.42. The molecular formula is C23H35ClFN7O3. The van der Waals surface area contributed by atoms with E-state index >= 15 is 4.39 Å². The van der Waals surface area contributed by atoms with Crippen molar-refractivity contribution in [1.29, 1.82) is 0 Å². The SMILES string of the molecule is O=CN(O)C[C@@H](CC1CCCC1)C(=O)NNc1nc(Cl)nc(N2CCC[C@H]2CN2CCCC2)c1F. The first-order valence-electron chi connectivity index (χ1n) is 12.6. The van der Waals surface area contributed by atoms with Crippen LogP contribution in [0.4, 0.5) is 16.0 Å². The first kappa shape index (κ1) is 25.8. The number of hydrogen-bond acceptors (Lipinski definition) is 8. The average molecular weight is 512 g/mol. The van der Waals surface area contributed by atoms with Gasteiger partial charge in [0.15, 0.2) is 11.6 Å². The number of carbonyl (C=O) groups excluding carboxylic acids is 2. The Labute approximate surface area is 210 Å². The second-order valence-corrected chi connectivity index (χ2v) is 10.2. The summed E-state index contributed by atoms with van der Waals surface area (Å²) in [4.78, 5) is 36.3. The molecule has 194 valence electrons. The minimum Gasteiger partial charge on any atom is -0.350 e. The zero-order chi connectivity index (χ0) is 24.8. The van der Waals surface area contributed by atoms with Crippen LogP contribution in [0, 0.1) is 17.7 Å². The highest BCUT2D eigenvalue weighted by molar-refractivity contribution is 6.28. The zero-order valence-corrected chi connectivity index (χ0v) is 20.7. The average Bonchev–Trinajstić information content (AvgIpc) is 3.62. The summed E-state index contributed by atoms with van der Waals surface area (Å²) in [5.41, 5.74) is 5.07. The molecule has 10 nitrogen and oxygen atoms in total. The Morgan fingerprint density at radius 2 is 1.91 bits per heavy atom. The number of carbonyl (C=O) groups is 2. The van der Waals surface area contributed by atoms with Crippen LogP contribution < -0.4 is 15.8 Å². The van der Waals surface area contributed by atoms with Crippen molar-refractivity contribution in [1.82, 2.24) is 25.4 Å². The molecule has 0 unspecified atom stereocenters. The lowest BCUT2D eigenvalue weighted by atomic mass is 9.92. The number of amides is 2. The number of nitrogens with zero attached hydrogens (tertiary/aromatic N) is 5. The van der Waals surface area contributed by atoms with E-state index in [0.717, 1.165) is 58.2 Å². The van der Waals surface area contributed by atoms with Gasteiger partial charge in [0.1, 0.15) is 0 Å². The van der Waals surface area contributed by atoms with Gasteiger partial charge in [0.25, 0.3) is 0 Å². The third-order valence-electron chi connectivity index (χ3n) is 7.42. The minimum atomic E-state index is -0.674. The molecule has 0 aromatic carbocycles. The van der Waals surface area contributed by atoms with Gasteiger partial charge in [0.2, 0.25) is 23.4 Å². The Bertz CT molecular complexity index is 883. The minimum absolute atomic E-state index is 0.116. The summed E-state index contributed by atoms with van der Waals surface area (Å²) in [5, 5.41) is 10.0. The van der Waals surface area contributed by atoms with Crippen LogP contribution in [0.2, 0.25) is 5.28 Å². The van der Waals surface area contributed by atoms with Gasteiger partial charge in [-0.2, -0.15) is 14.4 Å².